The summed E-state index contributed by atoms with van der Waals surface area (Å²) in [6, 6.07) is 0. The van der Waals surface area contributed by atoms with E-state index < -0.39 is 5.77 Å². The second-order valence-corrected chi connectivity index (χ2v) is 9.90. The van der Waals surface area contributed by atoms with Crippen LogP contribution in [0, 0.1) is 0 Å². The summed E-state index contributed by atoms with van der Waals surface area (Å²) in [5.41, 5.74) is 0. The Hall–Kier alpha value is 0.890. The predicted molar refractivity (Wildman–Crippen MR) is 60.1 cm³/mol. The van der Waals surface area contributed by atoms with E-state index in [0.29, 0.717) is 6.61 Å². The third kappa shape index (κ3) is 5.52. The first-order valence-corrected chi connectivity index (χ1v) is 9.02. The summed E-state index contributed by atoms with van der Waals surface area (Å²) in [4.78, 5) is 0. The molecule has 0 aromatic rings. The first-order valence-electron chi connectivity index (χ1n) is 4.22. The normalized spacial score (nSPS) is 15.9. The van der Waals surface area contributed by atoms with E-state index in [1.807, 2.05) is 13.8 Å². The molecule has 0 amide bonds. The fourth-order valence-electron chi connectivity index (χ4n) is 0.631. The maximum atomic E-state index is 11.9. The van der Waals surface area contributed by atoms with Crippen molar-refractivity contribution in [3.8, 4) is 0 Å². The Kier molecular flexibility index (Phi) is 7.85. The van der Waals surface area contributed by atoms with Gasteiger partial charge in [-0.3, -0.25) is 4.57 Å². The maximum absolute atomic E-state index is 11.9. The number of rotatable bonds is 7. The lowest BCUT2D eigenvalue weighted by atomic mass is 10.6. The lowest BCUT2D eigenvalue weighted by molar-refractivity contribution is 0.357. The zero-order valence-corrected chi connectivity index (χ0v) is 10.4. The molecule has 0 radical (unpaired) electrons. The molecule has 0 saturated carbocycles. The van der Waals surface area contributed by atoms with Crippen molar-refractivity contribution in [1.82, 2.24) is 0 Å². The van der Waals surface area contributed by atoms with E-state index in [4.69, 9.17) is 4.52 Å². The molecule has 0 heterocycles. The fraction of sp³-hybridized carbons (Fsp3) is 1.00. The third-order valence-corrected chi connectivity index (χ3v) is 8.83. The number of hydrogen-bond donors (Lipinski definition) is 0. The number of hydrogen-bond acceptors (Lipinski definition) is 4. The maximum Gasteiger partial charge on any atom is 0.313 e. The molecule has 1 atom stereocenters. The topological polar surface area (TPSA) is 26.3 Å². The standard InChI is InChI=1S/C7H17O2PS2/c1-4-7-12-10(8,9-5-2)11-6-3/h4-7H2,1-3H3. The Morgan fingerprint density at radius 3 is 2.33 bits per heavy atom. The molecule has 0 N–H and O–H groups in total. The summed E-state index contributed by atoms with van der Waals surface area (Å²) in [5, 5.41) is 0. The lowest BCUT2D eigenvalue weighted by Crippen LogP contribution is -1.84. The van der Waals surface area contributed by atoms with Crippen molar-refractivity contribution >= 4 is 28.5 Å². The van der Waals surface area contributed by atoms with E-state index in [-0.39, 0.29) is 0 Å². The Labute approximate surface area is 83.2 Å². The van der Waals surface area contributed by atoms with Crippen molar-refractivity contribution in [1.29, 1.82) is 0 Å². The van der Waals surface area contributed by atoms with Gasteiger partial charge in [-0.1, -0.05) is 36.6 Å². The van der Waals surface area contributed by atoms with E-state index in [0.717, 1.165) is 17.9 Å². The molecule has 0 rings (SSSR count). The van der Waals surface area contributed by atoms with Gasteiger partial charge in [0.1, 0.15) is 0 Å². The zero-order valence-electron chi connectivity index (χ0n) is 7.91. The predicted octanol–water partition coefficient (Wildman–Crippen LogP) is 4.03. The molecule has 5 heteroatoms. The Morgan fingerprint density at radius 2 is 1.92 bits per heavy atom. The quantitative estimate of drug-likeness (QED) is 0.615. The molecule has 0 bridgehead atoms. The highest BCUT2D eigenvalue weighted by atomic mass is 33.1. The SMILES string of the molecule is CCCSP(=O)(OCC)SCC. The van der Waals surface area contributed by atoms with Gasteiger partial charge in [-0.2, -0.15) is 0 Å². The van der Waals surface area contributed by atoms with Crippen molar-refractivity contribution in [2.24, 2.45) is 0 Å². The van der Waals surface area contributed by atoms with Crippen molar-refractivity contribution in [3.63, 3.8) is 0 Å². The Bertz CT molecular complexity index is 142. The van der Waals surface area contributed by atoms with Gasteiger partial charge in [-0.15, -0.1) is 0 Å². The molecule has 2 nitrogen and oxygen atoms in total. The Morgan fingerprint density at radius 1 is 1.25 bits per heavy atom. The van der Waals surface area contributed by atoms with Crippen LogP contribution in [0.3, 0.4) is 0 Å². The average Bonchev–Trinajstić information content (AvgIpc) is 2.02. The largest absolute Gasteiger partial charge is 0.314 e. The van der Waals surface area contributed by atoms with Crippen LogP contribution in [0.1, 0.15) is 27.2 Å². The minimum Gasteiger partial charge on any atom is -0.314 e. The third-order valence-electron chi connectivity index (χ3n) is 1.03. The minimum absolute atomic E-state index is 0.543. The average molecular weight is 228 g/mol. The van der Waals surface area contributed by atoms with Crippen molar-refractivity contribution < 1.29 is 9.09 Å². The summed E-state index contributed by atoms with van der Waals surface area (Å²) >= 11 is 2.91. The van der Waals surface area contributed by atoms with E-state index in [1.54, 1.807) is 0 Å². The van der Waals surface area contributed by atoms with E-state index in [1.165, 1.54) is 22.8 Å². The molecule has 0 aliphatic rings. The highest BCUT2D eigenvalue weighted by Gasteiger charge is 2.22. The van der Waals surface area contributed by atoms with Gasteiger partial charge in [0.2, 0.25) is 0 Å². The van der Waals surface area contributed by atoms with Crippen LogP contribution in [-0.2, 0) is 9.09 Å². The van der Waals surface area contributed by atoms with E-state index >= 15 is 0 Å². The summed E-state index contributed by atoms with van der Waals surface area (Å²) < 4.78 is 17.1. The molecule has 0 spiro atoms. The molecule has 0 aliphatic carbocycles. The van der Waals surface area contributed by atoms with Gasteiger partial charge in [0, 0.05) is 11.5 Å². The lowest BCUT2D eigenvalue weighted by Gasteiger charge is -2.14. The first kappa shape index (κ1) is 12.9. The van der Waals surface area contributed by atoms with Gasteiger partial charge in [0.05, 0.1) is 6.61 Å². The fourth-order valence-corrected chi connectivity index (χ4v) is 7.65. The summed E-state index contributed by atoms with van der Waals surface area (Å²) in [5.74, 6) is -0.626. The van der Waals surface area contributed by atoms with Crippen LogP contribution in [-0.4, -0.2) is 18.1 Å². The van der Waals surface area contributed by atoms with Gasteiger partial charge in [0.25, 0.3) is 0 Å². The summed E-state index contributed by atoms with van der Waals surface area (Å²) in [6.45, 7) is 6.51. The summed E-state index contributed by atoms with van der Waals surface area (Å²) in [6.07, 6.45) is 1.05. The van der Waals surface area contributed by atoms with Crippen LogP contribution in [0.15, 0.2) is 0 Å². The van der Waals surface area contributed by atoms with Gasteiger partial charge in [-0.05, 0) is 13.3 Å². The van der Waals surface area contributed by atoms with Crippen LogP contribution in [0.2, 0.25) is 0 Å². The Balaban J connectivity index is 3.90. The first-order chi connectivity index (χ1) is 5.68. The van der Waals surface area contributed by atoms with Gasteiger partial charge >= 0.3 is 5.77 Å². The monoisotopic (exact) mass is 228 g/mol. The summed E-state index contributed by atoms with van der Waals surface area (Å²) in [7, 11) is 0. The van der Waals surface area contributed by atoms with Gasteiger partial charge < -0.3 is 4.52 Å². The van der Waals surface area contributed by atoms with Crippen LogP contribution >= 0.6 is 28.5 Å². The van der Waals surface area contributed by atoms with Gasteiger partial charge in [0.15, 0.2) is 0 Å². The minimum atomic E-state index is -2.40. The highest BCUT2D eigenvalue weighted by molar-refractivity contribution is 8.89. The molecule has 74 valence electrons. The highest BCUT2D eigenvalue weighted by Crippen LogP contribution is 2.69. The van der Waals surface area contributed by atoms with Crippen LogP contribution in [0.4, 0.5) is 0 Å². The zero-order chi connectivity index (χ0) is 9.45. The van der Waals surface area contributed by atoms with Crippen LogP contribution < -0.4 is 0 Å². The van der Waals surface area contributed by atoms with Crippen molar-refractivity contribution in [2.75, 3.05) is 18.1 Å². The molecule has 0 aromatic heterocycles. The van der Waals surface area contributed by atoms with Gasteiger partial charge in [-0.25, -0.2) is 0 Å². The molecule has 0 fully saturated rings. The van der Waals surface area contributed by atoms with Crippen LogP contribution in [0.5, 0.6) is 0 Å². The second-order valence-electron chi connectivity index (χ2n) is 2.12. The molecular weight excluding hydrogens is 211 g/mol. The van der Waals surface area contributed by atoms with E-state index in [9.17, 15) is 4.57 Å². The molecule has 12 heavy (non-hydrogen) atoms. The molecule has 0 aromatic carbocycles. The van der Waals surface area contributed by atoms with Crippen molar-refractivity contribution in [2.45, 2.75) is 27.2 Å². The van der Waals surface area contributed by atoms with Crippen molar-refractivity contribution in [3.05, 3.63) is 0 Å². The molecular formula is C7H17O2PS2. The second kappa shape index (κ2) is 7.31. The van der Waals surface area contributed by atoms with Crippen LogP contribution in [0.25, 0.3) is 0 Å². The smallest absolute Gasteiger partial charge is 0.313 e. The van der Waals surface area contributed by atoms with E-state index in [2.05, 4.69) is 6.92 Å². The molecule has 0 saturated heterocycles. The molecule has 1 unspecified atom stereocenters. The molecule has 0 aliphatic heterocycles.